The summed E-state index contributed by atoms with van der Waals surface area (Å²) in [5.41, 5.74) is 1.86. The zero-order valence-electron chi connectivity index (χ0n) is 21.1. The second-order valence-electron chi connectivity index (χ2n) is 8.56. The van der Waals surface area contributed by atoms with E-state index < -0.39 is 17.7 Å². The SMILES string of the molecule is COc1ccc(/C(O)=C2/C(=O)C(=O)N(CCCOC(C)C)C2c2ccc(OC)c(OC)c2)cc1C. The zero-order valence-corrected chi connectivity index (χ0v) is 21.1. The molecule has 0 bridgehead atoms. The highest BCUT2D eigenvalue weighted by molar-refractivity contribution is 6.46. The van der Waals surface area contributed by atoms with Crippen molar-refractivity contribution in [3.63, 3.8) is 0 Å². The van der Waals surface area contributed by atoms with Crippen LogP contribution in [0.15, 0.2) is 42.0 Å². The van der Waals surface area contributed by atoms with E-state index in [1.165, 1.54) is 19.1 Å². The molecular formula is C27H33NO7. The van der Waals surface area contributed by atoms with E-state index in [1.807, 2.05) is 20.8 Å². The average Bonchev–Trinajstić information content (AvgIpc) is 3.10. The Hall–Kier alpha value is -3.52. The highest BCUT2D eigenvalue weighted by Gasteiger charge is 2.46. The highest BCUT2D eigenvalue weighted by atomic mass is 16.5. The number of aliphatic hydroxyl groups is 1. The molecule has 2 aromatic rings. The van der Waals surface area contributed by atoms with E-state index in [0.29, 0.717) is 41.4 Å². The standard InChI is InChI=1S/C27H33NO7/c1-16(2)35-13-7-12-28-24(18-8-11-21(33-5)22(15-18)34-6)23(26(30)27(28)31)25(29)19-9-10-20(32-4)17(3)14-19/h8-11,14-16,24,29H,7,12-13H2,1-6H3/b25-23-. The molecule has 1 unspecified atom stereocenters. The van der Waals surface area contributed by atoms with Crippen molar-refractivity contribution in [3.8, 4) is 17.2 Å². The maximum Gasteiger partial charge on any atom is 0.295 e. The molecule has 1 N–H and O–H groups in total. The average molecular weight is 484 g/mol. The number of aryl methyl sites for hydroxylation is 1. The van der Waals surface area contributed by atoms with Crippen molar-refractivity contribution >= 4 is 17.4 Å². The first-order valence-corrected chi connectivity index (χ1v) is 11.5. The molecule has 0 aliphatic carbocycles. The van der Waals surface area contributed by atoms with Gasteiger partial charge < -0.3 is 29.0 Å². The number of hydrogen-bond acceptors (Lipinski definition) is 7. The van der Waals surface area contributed by atoms with Crippen molar-refractivity contribution in [1.29, 1.82) is 0 Å². The molecule has 1 heterocycles. The Bertz CT molecular complexity index is 1120. The lowest BCUT2D eigenvalue weighted by Crippen LogP contribution is -2.31. The van der Waals surface area contributed by atoms with Crippen LogP contribution in [0.3, 0.4) is 0 Å². The second kappa shape index (κ2) is 11.3. The maximum absolute atomic E-state index is 13.2. The summed E-state index contributed by atoms with van der Waals surface area (Å²) < 4.78 is 21.7. The van der Waals surface area contributed by atoms with Crippen LogP contribution in [0.5, 0.6) is 17.2 Å². The third kappa shape index (κ3) is 5.43. The zero-order chi connectivity index (χ0) is 25.7. The molecule has 0 saturated carbocycles. The molecule has 0 aromatic heterocycles. The molecule has 0 spiro atoms. The van der Waals surface area contributed by atoms with E-state index in [9.17, 15) is 14.7 Å². The fraction of sp³-hybridized carbons (Fsp3) is 0.407. The topological polar surface area (TPSA) is 94.5 Å². The molecule has 8 nitrogen and oxygen atoms in total. The lowest BCUT2D eigenvalue weighted by molar-refractivity contribution is -0.140. The van der Waals surface area contributed by atoms with Gasteiger partial charge in [-0.05, 0) is 68.7 Å². The van der Waals surface area contributed by atoms with Crippen molar-refractivity contribution in [3.05, 3.63) is 58.7 Å². The minimum Gasteiger partial charge on any atom is -0.507 e. The summed E-state index contributed by atoms with van der Waals surface area (Å²) >= 11 is 0. The van der Waals surface area contributed by atoms with Crippen LogP contribution in [-0.4, -0.2) is 62.3 Å². The molecular weight excluding hydrogens is 450 g/mol. The first-order valence-electron chi connectivity index (χ1n) is 11.5. The van der Waals surface area contributed by atoms with Crippen molar-refractivity contribution in [2.75, 3.05) is 34.5 Å². The third-order valence-corrected chi connectivity index (χ3v) is 5.93. The number of ether oxygens (including phenoxy) is 4. The molecule has 1 fully saturated rings. The molecule has 8 heteroatoms. The molecule has 1 amide bonds. The summed E-state index contributed by atoms with van der Waals surface area (Å²) in [5.74, 6) is -0.0107. The predicted octanol–water partition coefficient (Wildman–Crippen LogP) is 4.26. The van der Waals surface area contributed by atoms with Gasteiger partial charge in [-0.2, -0.15) is 0 Å². The predicted molar refractivity (Wildman–Crippen MR) is 132 cm³/mol. The number of amides is 1. The summed E-state index contributed by atoms with van der Waals surface area (Å²) in [5, 5.41) is 11.3. The van der Waals surface area contributed by atoms with Crippen molar-refractivity contribution < 1.29 is 33.6 Å². The van der Waals surface area contributed by atoms with Gasteiger partial charge in [-0.25, -0.2) is 0 Å². The summed E-state index contributed by atoms with van der Waals surface area (Å²) in [6, 6.07) is 9.52. The van der Waals surface area contributed by atoms with Crippen LogP contribution in [0.2, 0.25) is 0 Å². The number of benzene rings is 2. The maximum atomic E-state index is 13.2. The van der Waals surface area contributed by atoms with Gasteiger partial charge >= 0.3 is 0 Å². The molecule has 0 radical (unpaired) electrons. The number of likely N-dealkylation sites (tertiary alicyclic amines) is 1. The Kier molecular flexibility index (Phi) is 8.40. The van der Waals surface area contributed by atoms with Crippen LogP contribution >= 0.6 is 0 Å². The van der Waals surface area contributed by atoms with Crippen molar-refractivity contribution in [2.24, 2.45) is 0 Å². The Morgan fingerprint density at radius 1 is 0.971 bits per heavy atom. The van der Waals surface area contributed by atoms with Gasteiger partial charge in [0.15, 0.2) is 11.5 Å². The number of Topliss-reactive ketones (excluding diaryl/α,β-unsaturated/α-hetero) is 1. The Morgan fingerprint density at radius 2 is 1.63 bits per heavy atom. The fourth-order valence-corrected chi connectivity index (χ4v) is 4.22. The first kappa shape index (κ1) is 26.1. The minimum atomic E-state index is -0.795. The van der Waals surface area contributed by atoms with Gasteiger partial charge in [0.2, 0.25) is 0 Å². The van der Waals surface area contributed by atoms with Crippen LogP contribution < -0.4 is 14.2 Å². The van der Waals surface area contributed by atoms with Gasteiger partial charge in [0.1, 0.15) is 11.5 Å². The van der Waals surface area contributed by atoms with E-state index in [0.717, 1.165) is 5.56 Å². The monoisotopic (exact) mass is 483 g/mol. The molecule has 1 aliphatic heterocycles. The number of hydrogen-bond donors (Lipinski definition) is 1. The smallest absolute Gasteiger partial charge is 0.295 e. The Labute approximate surface area is 206 Å². The number of ketones is 1. The Balaban J connectivity index is 2.11. The van der Waals surface area contributed by atoms with E-state index >= 15 is 0 Å². The summed E-state index contributed by atoms with van der Waals surface area (Å²) in [7, 11) is 4.61. The van der Waals surface area contributed by atoms with Crippen LogP contribution in [0.4, 0.5) is 0 Å². The lowest BCUT2D eigenvalue weighted by atomic mass is 9.94. The Morgan fingerprint density at radius 3 is 2.23 bits per heavy atom. The molecule has 35 heavy (non-hydrogen) atoms. The van der Waals surface area contributed by atoms with E-state index in [-0.39, 0.29) is 24.0 Å². The minimum absolute atomic E-state index is 0.0246. The van der Waals surface area contributed by atoms with Crippen LogP contribution in [0.1, 0.15) is 43.0 Å². The highest BCUT2D eigenvalue weighted by Crippen LogP contribution is 2.42. The van der Waals surface area contributed by atoms with E-state index in [1.54, 1.807) is 43.5 Å². The number of carbonyl (C=O) groups excluding carboxylic acids is 2. The first-order chi connectivity index (χ1) is 16.7. The number of aliphatic hydroxyl groups excluding tert-OH is 1. The quantitative estimate of drug-likeness (QED) is 0.234. The van der Waals surface area contributed by atoms with Crippen LogP contribution in [-0.2, 0) is 14.3 Å². The number of methoxy groups -OCH3 is 3. The van der Waals surface area contributed by atoms with Gasteiger partial charge in [-0.1, -0.05) is 6.07 Å². The van der Waals surface area contributed by atoms with Crippen molar-refractivity contribution in [1.82, 2.24) is 4.90 Å². The van der Waals surface area contributed by atoms with Gasteiger partial charge in [-0.3, -0.25) is 9.59 Å². The summed E-state index contributed by atoms with van der Waals surface area (Å²) in [6.45, 7) is 6.44. The molecule has 1 aliphatic rings. The molecule has 2 aromatic carbocycles. The van der Waals surface area contributed by atoms with E-state index in [2.05, 4.69) is 0 Å². The van der Waals surface area contributed by atoms with Crippen LogP contribution in [0.25, 0.3) is 5.76 Å². The number of carbonyl (C=O) groups is 2. The molecule has 188 valence electrons. The van der Waals surface area contributed by atoms with E-state index in [4.69, 9.17) is 18.9 Å². The summed E-state index contributed by atoms with van der Waals surface area (Å²) in [4.78, 5) is 27.8. The lowest BCUT2D eigenvalue weighted by Gasteiger charge is -2.26. The number of rotatable bonds is 10. The van der Waals surface area contributed by atoms with Gasteiger partial charge in [0.05, 0.1) is 39.0 Å². The normalized spacial score (nSPS) is 17.2. The van der Waals surface area contributed by atoms with Gasteiger partial charge in [0, 0.05) is 18.7 Å². The fourth-order valence-electron chi connectivity index (χ4n) is 4.22. The van der Waals surface area contributed by atoms with Crippen molar-refractivity contribution in [2.45, 2.75) is 39.3 Å². The number of nitrogens with zero attached hydrogens (tertiary/aromatic N) is 1. The van der Waals surface area contributed by atoms with Gasteiger partial charge in [0.25, 0.3) is 11.7 Å². The molecule has 3 rings (SSSR count). The molecule has 1 atom stereocenters. The second-order valence-corrected chi connectivity index (χ2v) is 8.56. The van der Waals surface area contributed by atoms with Crippen LogP contribution in [0, 0.1) is 6.92 Å². The summed E-state index contributed by atoms with van der Waals surface area (Å²) in [6.07, 6.45) is 0.599. The third-order valence-electron chi connectivity index (χ3n) is 5.93. The van der Waals surface area contributed by atoms with Gasteiger partial charge in [-0.15, -0.1) is 0 Å². The molecule has 1 saturated heterocycles. The largest absolute Gasteiger partial charge is 0.507 e.